The average molecular weight is 256 g/mol. The fraction of sp³-hybridized carbons (Fsp3) is 0.692. The zero-order valence-corrected chi connectivity index (χ0v) is 12.1. The molecule has 1 heterocycles. The molecule has 0 aromatic carbocycles. The van der Waals surface area contributed by atoms with E-state index in [0.717, 1.165) is 30.2 Å². The van der Waals surface area contributed by atoms with Crippen LogP contribution in [0.5, 0.6) is 0 Å². The van der Waals surface area contributed by atoms with E-state index in [1.54, 1.807) is 0 Å². The van der Waals surface area contributed by atoms with Crippen LogP contribution in [0.2, 0.25) is 5.15 Å². The van der Waals surface area contributed by atoms with Crippen LogP contribution in [0.15, 0.2) is 0 Å². The number of nitrogens with zero attached hydrogens (tertiary/aromatic N) is 2. The quantitative estimate of drug-likeness (QED) is 0.808. The number of hydrogen-bond donors (Lipinski definition) is 1. The summed E-state index contributed by atoms with van der Waals surface area (Å²) in [5, 5.41) is 3.92. The Labute approximate surface area is 109 Å². The topological polar surface area (TPSA) is 37.8 Å². The van der Waals surface area contributed by atoms with Gasteiger partial charge in [0.1, 0.15) is 16.8 Å². The SMILES string of the molecule is CCC(C)CNc1nc(C(C)C)nc(Cl)c1C. The lowest BCUT2D eigenvalue weighted by Crippen LogP contribution is -2.14. The molecule has 1 aromatic heterocycles. The summed E-state index contributed by atoms with van der Waals surface area (Å²) < 4.78 is 0. The first kappa shape index (κ1) is 14.2. The maximum atomic E-state index is 6.12. The number of nitrogens with one attached hydrogen (secondary N) is 1. The number of rotatable bonds is 5. The predicted octanol–water partition coefficient (Wildman–Crippen LogP) is 4.02. The molecule has 1 N–H and O–H groups in total. The van der Waals surface area contributed by atoms with Crippen LogP contribution in [0.1, 0.15) is 51.4 Å². The van der Waals surface area contributed by atoms with Crippen LogP contribution >= 0.6 is 11.6 Å². The first-order valence-corrected chi connectivity index (χ1v) is 6.61. The van der Waals surface area contributed by atoms with Crippen LogP contribution < -0.4 is 5.32 Å². The molecule has 1 unspecified atom stereocenters. The smallest absolute Gasteiger partial charge is 0.137 e. The highest BCUT2D eigenvalue weighted by molar-refractivity contribution is 6.30. The molecule has 1 rings (SSSR count). The minimum atomic E-state index is 0.289. The van der Waals surface area contributed by atoms with Crippen LogP contribution in [-0.2, 0) is 0 Å². The standard InChI is InChI=1S/C13H22ClN3/c1-6-9(4)7-15-13-10(5)11(14)16-12(17-13)8(2)3/h8-9H,6-7H2,1-5H3,(H,15,16,17). The average Bonchev–Trinajstić information content (AvgIpc) is 2.30. The summed E-state index contributed by atoms with van der Waals surface area (Å²) in [5.41, 5.74) is 0.930. The molecule has 0 aliphatic heterocycles. The first-order chi connectivity index (χ1) is 7.95. The van der Waals surface area contributed by atoms with Gasteiger partial charge in [-0.3, -0.25) is 0 Å². The fourth-order valence-electron chi connectivity index (χ4n) is 1.35. The van der Waals surface area contributed by atoms with Crippen LogP contribution in [0, 0.1) is 12.8 Å². The zero-order chi connectivity index (χ0) is 13.0. The van der Waals surface area contributed by atoms with Crippen molar-refractivity contribution in [1.82, 2.24) is 9.97 Å². The van der Waals surface area contributed by atoms with Crippen molar-refractivity contribution in [2.24, 2.45) is 5.92 Å². The van der Waals surface area contributed by atoms with Gasteiger partial charge in [-0.25, -0.2) is 9.97 Å². The minimum absolute atomic E-state index is 0.289. The maximum Gasteiger partial charge on any atom is 0.137 e. The molecule has 4 heteroatoms. The second-order valence-electron chi connectivity index (χ2n) is 4.90. The Morgan fingerprint density at radius 3 is 2.41 bits per heavy atom. The molecule has 0 saturated heterocycles. The molecule has 0 bridgehead atoms. The summed E-state index contributed by atoms with van der Waals surface area (Å²) >= 11 is 6.12. The van der Waals surface area contributed by atoms with E-state index in [9.17, 15) is 0 Å². The van der Waals surface area contributed by atoms with Gasteiger partial charge in [0, 0.05) is 18.0 Å². The number of aromatic nitrogens is 2. The molecule has 0 fully saturated rings. The second kappa shape index (κ2) is 6.20. The summed E-state index contributed by atoms with van der Waals surface area (Å²) in [7, 11) is 0. The molecular weight excluding hydrogens is 234 g/mol. The summed E-state index contributed by atoms with van der Waals surface area (Å²) in [4.78, 5) is 8.83. The van der Waals surface area contributed by atoms with Crippen LogP contribution in [0.4, 0.5) is 5.82 Å². The molecule has 17 heavy (non-hydrogen) atoms. The second-order valence-corrected chi connectivity index (χ2v) is 5.25. The highest BCUT2D eigenvalue weighted by Gasteiger charge is 2.12. The normalized spacial score (nSPS) is 12.9. The van der Waals surface area contributed by atoms with Gasteiger partial charge in [-0.2, -0.15) is 0 Å². The summed E-state index contributed by atoms with van der Waals surface area (Å²) in [6.07, 6.45) is 1.15. The van der Waals surface area contributed by atoms with Gasteiger partial charge in [-0.1, -0.05) is 45.7 Å². The van der Waals surface area contributed by atoms with Crippen molar-refractivity contribution >= 4 is 17.4 Å². The summed E-state index contributed by atoms with van der Waals surface area (Å²) in [6.45, 7) is 11.4. The van der Waals surface area contributed by atoms with E-state index in [1.165, 1.54) is 0 Å². The summed E-state index contributed by atoms with van der Waals surface area (Å²) in [5.74, 6) is 2.59. The largest absolute Gasteiger partial charge is 0.369 e. The van der Waals surface area contributed by atoms with Crippen molar-refractivity contribution < 1.29 is 0 Å². The van der Waals surface area contributed by atoms with Crippen molar-refractivity contribution in [3.63, 3.8) is 0 Å². The van der Waals surface area contributed by atoms with Gasteiger partial charge in [0.2, 0.25) is 0 Å². The predicted molar refractivity (Wildman–Crippen MR) is 73.8 cm³/mol. The van der Waals surface area contributed by atoms with Crippen molar-refractivity contribution in [2.75, 3.05) is 11.9 Å². The lowest BCUT2D eigenvalue weighted by molar-refractivity contribution is 0.591. The molecule has 96 valence electrons. The molecule has 1 aromatic rings. The number of hydrogen-bond acceptors (Lipinski definition) is 3. The van der Waals surface area contributed by atoms with Gasteiger partial charge in [-0.15, -0.1) is 0 Å². The molecule has 0 amide bonds. The Morgan fingerprint density at radius 1 is 1.24 bits per heavy atom. The third kappa shape index (κ3) is 3.84. The van der Waals surface area contributed by atoms with Crippen LogP contribution in [0.3, 0.4) is 0 Å². The van der Waals surface area contributed by atoms with E-state index in [2.05, 4.69) is 43.0 Å². The highest BCUT2D eigenvalue weighted by atomic mass is 35.5. The van der Waals surface area contributed by atoms with E-state index in [1.807, 2.05) is 6.92 Å². The first-order valence-electron chi connectivity index (χ1n) is 6.23. The summed E-state index contributed by atoms with van der Waals surface area (Å²) in [6, 6.07) is 0. The van der Waals surface area contributed by atoms with E-state index in [4.69, 9.17) is 11.6 Å². The Morgan fingerprint density at radius 2 is 1.88 bits per heavy atom. The Balaban J connectivity index is 2.90. The van der Waals surface area contributed by atoms with E-state index in [-0.39, 0.29) is 5.92 Å². The van der Waals surface area contributed by atoms with E-state index >= 15 is 0 Å². The third-order valence-electron chi connectivity index (χ3n) is 2.93. The zero-order valence-electron chi connectivity index (χ0n) is 11.3. The van der Waals surface area contributed by atoms with Crippen molar-refractivity contribution in [2.45, 2.75) is 47.0 Å². The van der Waals surface area contributed by atoms with Gasteiger partial charge in [0.05, 0.1) is 0 Å². The molecule has 0 radical (unpaired) electrons. The maximum absolute atomic E-state index is 6.12. The van der Waals surface area contributed by atoms with Gasteiger partial charge >= 0.3 is 0 Å². The number of anilines is 1. The van der Waals surface area contributed by atoms with Gasteiger partial charge in [0.15, 0.2) is 0 Å². The molecule has 0 aliphatic rings. The van der Waals surface area contributed by atoms with Crippen LogP contribution in [-0.4, -0.2) is 16.5 Å². The third-order valence-corrected chi connectivity index (χ3v) is 3.30. The van der Waals surface area contributed by atoms with E-state index < -0.39 is 0 Å². The van der Waals surface area contributed by atoms with E-state index in [0.29, 0.717) is 11.1 Å². The van der Waals surface area contributed by atoms with Gasteiger partial charge < -0.3 is 5.32 Å². The molecule has 0 aliphatic carbocycles. The lowest BCUT2D eigenvalue weighted by Gasteiger charge is -2.15. The Kier molecular flexibility index (Phi) is 5.19. The molecule has 0 spiro atoms. The Bertz CT molecular complexity index is 377. The van der Waals surface area contributed by atoms with Crippen molar-refractivity contribution in [1.29, 1.82) is 0 Å². The monoisotopic (exact) mass is 255 g/mol. The fourth-order valence-corrected chi connectivity index (χ4v) is 1.53. The number of halogens is 1. The molecule has 0 saturated carbocycles. The lowest BCUT2D eigenvalue weighted by atomic mass is 10.1. The van der Waals surface area contributed by atoms with Crippen molar-refractivity contribution in [3.8, 4) is 0 Å². The van der Waals surface area contributed by atoms with Gasteiger partial charge in [-0.05, 0) is 12.8 Å². The van der Waals surface area contributed by atoms with Crippen molar-refractivity contribution in [3.05, 3.63) is 16.5 Å². The van der Waals surface area contributed by atoms with Gasteiger partial charge in [0.25, 0.3) is 0 Å². The molecule has 3 nitrogen and oxygen atoms in total. The highest BCUT2D eigenvalue weighted by Crippen LogP contribution is 2.23. The minimum Gasteiger partial charge on any atom is -0.369 e. The molecule has 1 atom stereocenters. The molecular formula is C13H22ClN3. The Hall–Kier alpha value is -0.830. The van der Waals surface area contributed by atoms with Crippen LogP contribution in [0.25, 0.3) is 0 Å².